The molecule has 6 rings (SSSR count). The number of fused-ring (bicyclic) bond motifs is 3. The van der Waals surface area contributed by atoms with Crippen molar-refractivity contribution in [3.05, 3.63) is 88.1 Å². The van der Waals surface area contributed by atoms with Crippen molar-refractivity contribution in [3.63, 3.8) is 0 Å². The molecule has 2 unspecified atom stereocenters. The molecule has 0 aliphatic carbocycles. The molecule has 4 heterocycles. The lowest BCUT2D eigenvalue weighted by molar-refractivity contribution is 0.418. The molecule has 0 saturated heterocycles. The van der Waals surface area contributed by atoms with Crippen molar-refractivity contribution in [3.8, 4) is 0 Å². The monoisotopic (exact) mass is 593 g/mol. The van der Waals surface area contributed by atoms with Gasteiger partial charge in [-0.2, -0.15) is 0 Å². The number of imidazole rings is 3. The summed E-state index contributed by atoms with van der Waals surface area (Å²) in [5.74, 6) is 2.45. The van der Waals surface area contributed by atoms with Crippen molar-refractivity contribution in [2.45, 2.75) is 78.6 Å². The smallest absolute Gasteiger partial charge is 0.330 e. The number of H-pyrrole nitrogens is 2. The van der Waals surface area contributed by atoms with Crippen molar-refractivity contribution in [1.29, 1.82) is 0 Å². The SMILES string of the molecule is CC(C)CCC(c1nc2ccc(CN)cc2[nH]1)n1c(=O)n(C(CCC(C)C)c2nc3ccc(CN)cc3[nH]2)c2cnccc21. The molecule has 0 amide bonds. The fourth-order valence-corrected chi connectivity index (χ4v) is 6.17. The summed E-state index contributed by atoms with van der Waals surface area (Å²) in [6.07, 6.45) is 6.93. The van der Waals surface area contributed by atoms with Gasteiger partial charge in [0.05, 0.1) is 51.4 Å². The maximum Gasteiger partial charge on any atom is 0.330 e. The lowest BCUT2D eigenvalue weighted by Gasteiger charge is -2.19. The standard InChI is InChI=1S/C34H43N9O/c1-20(2)5-11-29(32-38-24-9-7-22(17-35)15-26(24)40-32)42-28-13-14-37-19-31(28)43(34(42)44)30(12-6-21(3)4)33-39-25-10-8-23(18-36)16-27(25)41-33/h7-10,13-16,19-21,29-30H,5-6,11-12,17-18,35-36H2,1-4H3,(H,38,40)(H,39,41). The van der Waals surface area contributed by atoms with Gasteiger partial charge in [-0.25, -0.2) is 14.8 Å². The maximum absolute atomic E-state index is 14.8. The van der Waals surface area contributed by atoms with Crippen molar-refractivity contribution in [2.75, 3.05) is 0 Å². The Morgan fingerprint density at radius 3 is 1.68 bits per heavy atom. The Kier molecular flexibility index (Phi) is 8.38. The van der Waals surface area contributed by atoms with Crippen LogP contribution in [0.2, 0.25) is 0 Å². The molecule has 2 aromatic carbocycles. The summed E-state index contributed by atoms with van der Waals surface area (Å²) in [6, 6.07) is 13.4. The number of hydrogen-bond donors (Lipinski definition) is 4. The number of rotatable bonds is 12. The highest BCUT2D eigenvalue weighted by Crippen LogP contribution is 2.32. The van der Waals surface area contributed by atoms with E-state index in [1.54, 1.807) is 12.4 Å². The molecule has 2 atom stereocenters. The molecule has 0 radical (unpaired) electrons. The Hall–Kier alpha value is -4.28. The van der Waals surface area contributed by atoms with Crippen molar-refractivity contribution in [1.82, 2.24) is 34.1 Å². The van der Waals surface area contributed by atoms with Crippen molar-refractivity contribution in [2.24, 2.45) is 23.3 Å². The molecule has 4 aromatic heterocycles. The Labute approximate surface area is 256 Å². The minimum absolute atomic E-state index is 0.0956. The summed E-state index contributed by atoms with van der Waals surface area (Å²) in [7, 11) is 0. The minimum atomic E-state index is -0.305. The van der Waals surface area contributed by atoms with Crippen molar-refractivity contribution < 1.29 is 0 Å². The van der Waals surface area contributed by atoms with Gasteiger partial charge in [0.15, 0.2) is 0 Å². The van der Waals surface area contributed by atoms with E-state index in [-0.39, 0.29) is 17.8 Å². The van der Waals surface area contributed by atoms with Crippen LogP contribution in [0.4, 0.5) is 0 Å². The molecule has 6 N–H and O–H groups in total. The number of nitrogens with zero attached hydrogens (tertiary/aromatic N) is 5. The summed E-state index contributed by atoms with van der Waals surface area (Å²) >= 11 is 0. The number of benzene rings is 2. The van der Waals surface area contributed by atoms with E-state index in [0.29, 0.717) is 24.9 Å². The fourth-order valence-electron chi connectivity index (χ4n) is 6.17. The predicted molar refractivity (Wildman–Crippen MR) is 176 cm³/mol. The third kappa shape index (κ3) is 5.67. The summed E-state index contributed by atoms with van der Waals surface area (Å²) < 4.78 is 3.81. The summed E-state index contributed by atoms with van der Waals surface area (Å²) in [6.45, 7) is 9.73. The van der Waals surface area contributed by atoms with Gasteiger partial charge in [0.1, 0.15) is 11.6 Å². The molecular formula is C34H43N9O. The summed E-state index contributed by atoms with van der Waals surface area (Å²) in [4.78, 5) is 36.4. The number of nitrogens with two attached hydrogens (primary N) is 2. The second kappa shape index (κ2) is 12.4. The van der Waals surface area contributed by atoms with E-state index in [0.717, 1.165) is 81.6 Å². The van der Waals surface area contributed by atoms with Crippen molar-refractivity contribution >= 4 is 33.1 Å². The van der Waals surface area contributed by atoms with Gasteiger partial charge in [0.25, 0.3) is 0 Å². The zero-order valence-corrected chi connectivity index (χ0v) is 26.0. The van der Waals surface area contributed by atoms with E-state index in [1.807, 2.05) is 51.6 Å². The minimum Gasteiger partial charge on any atom is -0.340 e. The number of nitrogens with one attached hydrogen (secondary N) is 2. The van der Waals surface area contributed by atoms with Gasteiger partial charge in [-0.15, -0.1) is 0 Å². The maximum atomic E-state index is 14.8. The molecule has 10 nitrogen and oxygen atoms in total. The van der Waals surface area contributed by atoms with Crippen LogP contribution in [-0.2, 0) is 13.1 Å². The average Bonchev–Trinajstić information content (AvgIpc) is 3.71. The van der Waals surface area contributed by atoms with Crippen LogP contribution in [0.15, 0.2) is 59.7 Å². The normalized spacial score (nSPS) is 13.6. The number of aromatic amines is 2. The highest BCUT2D eigenvalue weighted by atomic mass is 16.2. The Bertz CT molecular complexity index is 1820. The van der Waals surface area contributed by atoms with Gasteiger partial charge in [-0.1, -0.05) is 39.8 Å². The summed E-state index contributed by atoms with van der Waals surface area (Å²) in [5, 5.41) is 0. The van der Waals surface area contributed by atoms with E-state index in [4.69, 9.17) is 21.4 Å². The molecule has 0 saturated carbocycles. The van der Waals surface area contributed by atoms with Crippen LogP contribution in [0.3, 0.4) is 0 Å². The Balaban J connectivity index is 1.55. The topological polar surface area (TPSA) is 149 Å². The first-order valence-corrected chi connectivity index (χ1v) is 15.7. The van der Waals surface area contributed by atoms with E-state index in [9.17, 15) is 4.79 Å². The molecule has 0 aliphatic heterocycles. The van der Waals surface area contributed by atoms with Crippen LogP contribution in [0.25, 0.3) is 33.1 Å². The zero-order chi connectivity index (χ0) is 31.0. The summed E-state index contributed by atoms with van der Waals surface area (Å²) in [5.41, 5.74) is 19.0. The molecule has 0 aliphatic rings. The van der Waals surface area contributed by atoms with Gasteiger partial charge in [0.2, 0.25) is 0 Å². The molecule has 0 fully saturated rings. The molecule has 230 valence electrons. The molecule has 6 aromatic rings. The van der Waals surface area contributed by atoms with Gasteiger partial charge >= 0.3 is 5.69 Å². The van der Waals surface area contributed by atoms with Crippen LogP contribution in [0.1, 0.15) is 88.2 Å². The molecule has 44 heavy (non-hydrogen) atoms. The van der Waals surface area contributed by atoms with Gasteiger partial charge in [0, 0.05) is 19.3 Å². The predicted octanol–water partition coefficient (Wildman–Crippen LogP) is 5.92. The first kappa shape index (κ1) is 29.8. The lowest BCUT2D eigenvalue weighted by Crippen LogP contribution is -2.32. The van der Waals surface area contributed by atoms with Gasteiger partial charge in [-0.3, -0.25) is 14.1 Å². The van der Waals surface area contributed by atoms with Crippen LogP contribution in [-0.4, -0.2) is 34.1 Å². The second-order valence-corrected chi connectivity index (χ2v) is 12.7. The van der Waals surface area contributed by atoms with E-state index in [2.05, 4.69) is 42.6 Å². The van der Waals surface area contributed by atoms with Crippen LogP contribution in [0, 0.1) is 11.8 Å². The lowest BCUT2D eigenvalue weighted by atomic mass is 10.0. The fraction of sp³-hybridized carbons (Fsp3) is 0.412. The van der Waals surface area contributed by atoms with Gasteiger partial charge in [-0.05, 0) is 79.0 Å². The van der Waals surface area contributed by atoms with Crippen LogP contribution in [0.5, 0.6) is 0 Å². The second-order valence-electron chi connectivity index (χ2n) is 12.7. The number of aromatic nitrogens is 7. The third-order valence-corrected chi connectivity index (χ3v) is 8.60. The number of pyridine rings is 1. The Morgan fingerprint density at radius 2 is 1.20 bits per heavy atom. The molecule has 0 spiro atoms. The largest absolute Gasteiger partial charge is 0.340 e. The molecular weight excluding hydrogens is 550 g/mol. The van der Waals surface area contributed by atoms with Crippen LogP contribution >= 0.6 is 0 Å². The molecule has 10 heteroatoms. The average molecular weight is 594 g/mol. The zero-order valence-electron chi connectivity index (χ0n) is 26.0. The quantitative estimate of drug-likeness (QED) is 0.138. The first-order chi connectivity index (χ1) is 21.3. The van der Waals surface area contributed by atoms with Crippen LogP contribution < -0.4 is 17.2 Å². The Morgan fingerprint density at radius 1 is 0.705 bits per heavy atom. The van der Waals surface area contributed by atoms with E-state index >= 15 is 0 Å². The highest BCUT2D eigenvalue weighted by Gasteiger charge is 2.29. The highest BCUT2D eigenvalue weighted by molar-refractivity contribution is 5.78. The first-order valence-electron chi connectivity index (χ1n) is 15.7. The number of hydrogen-bond acceptors (Lipinski definition) is 6. The van der Waals surface area contributed by atoms with Gasteiger partial charge < -0.3 is 21.4 Å². The molecule has 0 bridgehead atoms. The third-order valence-electron chi connectivity index (χ3n) is 8.60. The van der Waals surface area contributed by atoms with E-state index < -0.39 is 0 Å². The van der Waals surface area contributed by atoms with E-state index in [1.165, 1.54) is 0 Å².